The van der Waals surface area contributed by atoms with E-state index in [1.165, 1.54) is 0 Å². The van der Waals surface area contributed by atoms with Gasteiger partial charge in [0.2, 0.25) is 0 Å². The molecule has 2 rings (SSSR count). The van der Waals surface area contributed by atoms with E-state index in [4.69, 9.17) is 21.1 Å². The second kappa shape index (κ2) is 6.86. The molecule has 21 heavy (non-hydrogen) atoms. The van der Waals surface area contributed by atoms with Gasteiger partial charge in [0.25, 0.3) is 0 Å². The van der Waals surface area contributed by atoms with Crippen LogP contribution in [0.1, 0.15) is 27.6 Å². The van der Waals surface area contributed by atoms with E-state index in [9.17, 15) is 0 Å². The highest BCUT2D eigenvalue weighted by molar-refractivity contribution is 6.21. The fourth-order valence-electron chi connectivity index (χ4n) is 2.67. The van der Waals surface area contributed by atoms with Gasteiger partial charge in [0.1, 0.15) is 11.5 Å². The fraction of sp³-hybridized carbons (Fsp3) is 0.333. The third-order valence-electron chi connectivity index (χ3n) is 3.64. The summed E-state index contributed by atoms with van der Waals surface area (Å²) in [6, 6.07) is 12.2. The topological polar surface area (TPSA) is 18.5 Å². The van der Waals surface area contributed by atoms with Crippen LogP contribution in [0.25, 0.3) is 0 Å². The van der Waals surface area contributed by atoms with Gasteiger partial charge in [-0.1, -0.05) is 30.3 Å². The highest BCUT2D eigenvalue weighted by atomic mass is 35.5. The average molecular weight is 305 g/mol. The van der Waals surface area contributed by atoms with Crippen LogP contribution in [-0.2, 0) is 6.42 Å². The molecule has 2 aromatic carbocycles. The normalized spacial score (nSPS) is 12.0. The Balaban J connectivity index is 2.26. The summed E-state index contributed by atoms with van der Waals surface area (Å²) in [4.78, 5) is 0. The van der Waals surface area contributed by atoms with Gasteiger partial charge in [-0.05, 0) is 48.6 Å². The Hall–Kier alpha value is -1.67. The Morgan fingerprint density at radius 3 is 2.19 bits per heavy atom. The molecule has 0 N–H and O–H groups in total. The van der Waals surface area contributed by atoms with Crippen LogP contribution in [0.4, 0.5) is 0 Å². The number of hydrogen-bond donors (Lipinski definition) is 0. The number of hydrogen-bond acceptors (Lipinski definition) is 2. The van der Waals surface area contributed by atoms with Crippen molar-refractivity contribution in [1.82, 2.24) is 0 Å². The van der Waals surface area contributed by atoms with Crippen molar-refractivity contribution >= 4 is 11.6 Å². The fourth-order valence-corrected chi connectivity index (χ4v) is 2.96. The van der Waals surface area contributed by atoms with Crippen LogP contribution >= 0.6 is 11.6 Å². The van der Waals surface area contributed by atoms with E-state index < -0.39 is 0 Å². The second-order valence-corrected chi connectivity index (χ2v) is 5.70. The van der Waals surface area contributed by atoms with Crippen LogP contribution in [0.5, 0.6) is 11.5 Å². The number of alkyl halides is 1. The lowest BCUT2D eigenvalue weighted by atomic mass is 9.99. The number of rotatable bonds is 5. The van der Waals surface area contributed by atoms with Crippen LogP contribution in [0.15, 0.2) is 36.4 Å². The summed E-state index contributed by atoms with van der Waals surface area (Å²) in [5.74, 6) is 1.81. The van der Waals surface area contributed by atoms with Gasteiger partial charge in [-0.25, -0.2) is 0 Å². The summed E-state index contributed by atoms with van der Waals surface area (Å²) < 4.78 is 10.8. The van der Waals surface area contributed by atoms with Gasteiger partial charge in [0.15, 0.2) is 0 Å². The van der Waals surface area contributed by atoms with Crippen molar-refractivity contribution in [2.75, 3.05) is 14.2 Å². The van der Waals surface area contributed by atoms with Gasteiger partial charge in [0.05, 0.1) is 19.6 Å². The largest absolute Gasteiger partial charge is 0.496 e. The van der Waals surface area contributed by atoms with Crippen molar-refractivity contribution in [1.29, 1.82) is 0 Å². The number of methoxy groups -OCH3 is 2. The quantitative estimate of drug-likeness (QED) is 0.736. The lowest BCUT2D eigenvalue weighted by Gasteiger charge is -2.16. The molecule has 0 fully saturated rings. The maximum Gasteiger partial charge on any atom is 0.124 e. The minimum Gasteiger partial charge on any atom is -0.496 e. The Morgan fingerprint density at radius 1 is 1.00 bits per heavy atom. The summed E-state index contributed by atoms with van der Waals surface area (Å²) in [6.45, 7) is 4.09. The molecule has 0 aliphatic heterocycles. The minimum atomic E-state index is -0.0930. The monoisotopic (exact) mass is 304 g/mol. The Kier molecular flexibility index (Phi) is 5.13. The Bertz CT molecular complexity index is 599. The molecule has 0 saturated heterocycles. The van der Waals surface area contributed by atoms with E-state index in [1.54, 1.807) is 14.2 Å². The summed E-state index contributed by atoms with van der Waals surface area (Å²) in [7, 11) is 3.38. The summed E-state index contributed by atoms with van der Waals surface area (Å²) >= 11 is 6.61. The maximum atomic E-state index is 6.61. The van der Waals surface area contributed by atoms with Gasteiger partial charge in [-0.2, -0.15) is 0 Å². The lowest BCUT2D eigenvalue weighted by molar-refractivity contribution is 0.408. The molecular weight excluding hydrogens is 284 g/mol. The molecule has 0 spiro atoms. The summed E-state index contributed by atoms with van der Waals surface area (Å²) in [5.41, 5.74) is 4.45. The van der Waals surface area contributed by atoms with Crippen molar-refractivity contribution in [3.8, 4) is 11.5 Å². The van der Waals surface area contributed by atoms with Crippen LogP contribution in [0.2, 0.25) is 0 Å². The van der Waals surface area contributed by atoms with Crippen molar-refractivity contribution in [2.24, 2.45) is 0 Å². The highest BCUT2D eigenvalue weighted by Gasteiger charge is 2.15. The Labute approximate surface area is 131 Å². The van der Waals surface area contributed by atoms with Gasteiger partial charge in [0, 0.05) is 0 Å². The molecule has 1 unspecified atom stereocenters. The zero-order valence-electron chi connectivity index (χ0n) is 12.9. The molecule has 0 saturated carbocycles. The molecule has 2 aromatic rings. The lowest BCUT2D eigenvalue weighted by Crippen LogP contribution is -2.01. The van der Waals surface area contributed by atoms with Gasteiger partial charge >= 0.3 is 0 Å². The first-order valence-corrected chi connectivity index (χ1v) is 7.41. The zero-order valence-corrected chi connectivity index (χ0v) is 13.7. The average Bonchev–Trinajstić information content (AvgIpc) is 2.47. The third kappa shape index (κ3) is 3.51. The van der Waals surface area contributed by atoms with Crippen molar-refractivity contribution in [2.45, 2.75) is 25.6 Å². The van der Waals surface area contributed by atoms with Crippen LogP contribution in [0, 0.1) is 13.8 Å². The van der Waals surface area contributed by atoms with Crippen molar-refractivity contribution in [3.05, 3.63) is 58.7 Å². The molecule has 0 aromatic heterocycles. The molecule has 3 heteroatoms. The predicted octanol–water partition coefficient (Wildman–Crippen LogP) is 4.84. The predicted molar refractivity (Wildman–Crippen MR) is 87.8 cm³/mol. The zero-order chi connectivity index (χ0) is 15.4. The van der Waals surface area contributed by atoms with Crippen molar-refractivity contribution in [3.63, 3.8) is 0 Å². The molecular formula is C18H21ClO2. The highest BCUT2D eigenvalue weighted by Crippen LogP contribution is 2.33. The summed E-state index contributed by atoms with van der Waals surface area (Å²) in [6.07, 6.45) is 0.733. The molecule has 1 atom stereocenters. The van der Waals surface area contributed by atoms with Gasteiger partial charge in [-0.15, -0.1) is 11.6 Å². The van der Waals surface area contributed by atoms with Gasteiger partial charge < -0.3 is 9.47 Å². The second-order valence-electron chi connectivity index (χ2n) is 5.17. The van der Waals surface area contributed by atoms with E-state index in [-0.39, 0.29) is 5.38 Å². The molecule has 0 bridgehead atoms. The van der Waals surface area contributed by atoms with E-state index in [0.717, 1.165) is 40.2 Å². The molecule has 0 heterocycles. The van der Waals surface area contributed by atoms with E-state index in [2.05, 4.69) is 18.2 Å². The van der Waals surface area contributed by atoms with Crippen LogP contribution in [-0.4, -0.2) is 14.2 Å². The SMILES string of the molecule is COc1ccccc1CC(Cl)c1cc(C)c(OC)c(C)c1. The maximum absolute atomic E-state index is 6.61. The standard InChI is InChI=1S/C18H21ClO2/c1-12-9-15(10-13(2)18(12)21-4)16(19)11-14-7-5-6-8-17(14)20-3/h5-10,16H,11H2,1-4H3. The Morgan fingerprint density at radius 2 is 1.62 bits per heavy atom. The molecule has 0 aliphatic rings. The number of benzene rings is 2. The summed E-state index contributed by atoms with van der Waals surface area (Å²) in [5, 5.41) is -0.0930. The minimum absolute atomic E-state index is 0.0930. The number of para-hydroxylation sites is 1. The third-order valence-corrected chi connectivity index (χ3v) is 4.05. The number of halogens is 1. The van der Waals surface area contributed by atoms with E-state index >= 15 is 0 Å². The number of ether oxygens (including phenoxy) is 2. The first-order valence-electron chi connectivity index (χ1n) is 6.98. The molecule has 2 nitrogen and oxygen atoms in total. The van der Waals surface area contributed by atoms with Crippen LogP contribution in [0.3, 0.4) is 0 Å². The van der Waals surface area contributed by atoms with E-state index in [1.807, 2.05) is 32.0 Å². The molecule has 0 aliphatic carbocycles. The molecule has 112 valence electrons. The smallest absolute Gasteiger partial charge is 0.124 e. The number of aryl methyl sites for hydroxylation is 2. The first-order chi connectivity index (χ1) is 10.1. The first kappa shape index (κ1) is 15.7. The van der Waals surface area contributed by atoms with Crippen molar-refractivity contribution < 1.29 is 9.47 Å². The van der Waals surface area contributed by atoms with E-state index in [0.29, 0.717) is 0 Å². The van der Waals surface area contributed by atoms with Crippen LogP contribution < -0.4 is 9.47 Å². The molecule has 0 radical (unpaired) electrons. The van der Waals surface area contributed by atoms with Gasteiger partial charge in [-0.3, -0.25) is 0 Å². The molecule has 0 amide bonds.